The minimum atomic E-state index is -1.10. The van der Waals surface area contributed by atoms with E-state index in [1.807, 2.05) is 74.5 Å². The fourth-order valence-electron chi connectivity index (χ4n) is 3.29. The first-order chi connectivity index (χ1) is 17.2. The Kier molecular flexibility index (Phi) is 12.0. The SMILES string of the molecule is COC(=O)[C@H](COCc1ccccc1)NC(=O)[C@@H](NC(=O)[C@@H](N)C(C)C)C(C)OCc1ccccc1. The highest BCUT2D eigenvalue weighted by Gasteiger charge is 2.33. The minimum absolute atomic E-state index is 0.112. The van der Waals surface area contributed by atoms with Gasteiger partial charge in [0.25, 0.3) is 0 Å². The zero-order chi connectivity index (χ0) is 26.5. The quantitative estimate of drug-likeness (QED) is 0.339. The topological polar surface area (TPSA) is 129 Å². The molecule has 196 valence electrons. The van der Waals surface area contributed by atoms with Crippen LogP contribution in [0.4, 0.5) is 0 Å². The lowest BCUT2D eigenvalue weighted by molar-refractivity contribution is -0.148. The van der Waals surface area contributed by atoms with Gasteiger partial charge < -0.3 is 30.6 Å². The number of carbonyl (C=O) groups is 3. The van der Waals surface area contributed by atoms with Gasteiger partial charge in [0.1, 0.15) is 6.04 Å². The van der Waals surface area contributed by atoms with Gasteiger partial charge in [-0.3, -0.25) is 9.59 Å². The fraction of sp³-hybridized carbons (Fsp3) is 0.444. The summed E-state index contributed by atoms with van der Waals surface area (Å²) in [7, 11) is 1.23. The molecular formula is C27H37N3O6. The molecule has 0 aromatic heterocycles. The molecule has 0 radical (unpaired) electrons. The predicted octanol–water partition coefficient (Wildman–Crippen LogP) is 1.93. The second kappa shape index (κ2) is 15.0. The van der Waals surface area contributed by atoms with E-state index in [4.69, 9.17) is 19.9 Å². The van der Waals surface area contributed by atoms with E-state index in [9.17, 15) is 14.4 Å². The van der Waals surface area contributed by atoms with Gasteiger partial charge >= 0.3 is 5.97 Å². The first-order valence-electron chi connectivity index (χ1n) is 11.9. The smallest absolute Gasteiger partial charge is 0.330 e. The van der Waals surface area contributed by atoms with E-state index in [1.165, 1.54) is 7.11 Å². The lowest BCUT2D eigenvalue weighted by Gasteiger charge is -2.28. The fourth-order valence-corrected chi connectivity index (χ4v) is 3.29. The summed E-state index contributed by atoms with van der Waals surface area (Å²) in [5.41, 5.74) is 7.82. The van der Waals surface area contributed by atoms with E-state index >= 15 is 0 Å². The second-order valence-electron chi connectivity index (χ2n) is 8.84. The van der Waals surface area contributed by atoms with Crippen molar-refractivity contribution in [2.24, 2.45) is 11.7 Å². The van der Waals surface area contributed by atoms with Crippen LogP contribution in [0.15, 0.2) is 60.7 Å². The van der Waals surface area contributed by atoms with Crippen LogP contribution in [0, 0.1) is 5.92 Å². The zero-order valence-electron chi connectivity index (χ0n) is 21.3. The Balaban J connectivity index is 2.10. The highest BCUT2D eigenvalue weighted by molar-refractivity contribution is 5.92. The Bertz CT molecular complexity index is 954. The van der Waals surface area contributed by atoms with E-state index in [2.05, 4.69) is 10.6 Å². The van der Waals surface area contributed by atoms with Gasteiger partial charge in [-0.15, -0.1) is 0 Å². The maximum Gasteiger partial charge on any atom is 0.330 e. The van der Waals surface area contributed by atoms with Crippen LogP contribution in [-0.2, 0) is 41.8 Å². The van der Waals surface area contributed by atoms with E-state index in [0.717, 1.165) is 11.1 Å². The Hall–Kier alpha value is -3.27. The molecule has 0 bridgehead atoms. The van der Waals surface area contributed by atoms with Gasteiger partial charge in [0, 0.05) is 0 Å². The number of benzene rings is 2. The molecule has 0 saturated heterocycles. The van der Waals surface area contributed by atoms with E-state index < -0.39 is 42.0 Å². The largest absolute Gasteiger partial charge is 0.467 e. The third kappa shape index (κ3) is 9.41. The van der Waals surface area contributed by atoms with Gasteiger partial charge in [0.05, 0.1) is 39.1 Å². The molecule has 0 heterocycles. The molecule has 0 fully saturated rings. The monoisotopic (exact) mass is 499 g/mol. The van der Waals surface area contributed by atoms with Crippen molar-refractivity contribution in [3.63, 3.8) is 0 Å². The van der Waals surface area contributed by atoms with Crippen molar-refractivity contribution in [3.8, 4) is 0 Å². The zero-order valence-corrected chi connectivity index (χ0v) is 21.3. The maximum absolute atomic E-state index is 13.3. The van der Waals surface area contributed by atoms with Gasteiger partial charge in [-0.1, -0.05) is 74.5 Å². The van der Waals surface area contributed by atoms with Crippen molar-refractivity contribution in [1.82, 2.24) is 10.6 Å². The highest BCUT2D eigenvalue weighted by atomic mass is 16.5. The number of nitrogens with one attached hydrogen (secondary N) is 2. The summed E-state index contributed by atoms with van der Waals surface area (Å²) in [4.78, 5) is 38.3. The van der Waals surface area contributed by atoms with Crippen molar-refractivity contribution in [2.75, 3.05) is 13.7 Å². The molecule has 0 saturated carbocycles. The van der Waals surface area contributed by atoms with Crippen molar-refractivity contribution in [2.45, 2.75) is 58.2 Å². The molecule has 9 nitrogen and oxygen atoms in total. The average Bonchev–Trinajstić information content (AvgIpc) is 2.89. The molecule has 2 amide bonds. The van der Waals surface area contributed by atoms with Crippen molar-refractivity contribution in [1.29, 1.82) is 0 Å². The first-order valence-corrected chi connectivity index (χ1v) is 11.9. The van der Waals surface area contributed by atoms with Gasteiger partial charge in [-0.05, 0) is 24.0 Å². The van der Waals surface area contributed by atoms with Gasteiger partial charge in [0.15, 0.2) is 6.04 Å². The molecule has 0 spiro atoms. The summed E-state index contributed by atoms with van der Waals surface area (Å²) < 4.78 is 16.4. The van der Waals surface area contributed by atoms with Crippen molar-refractivity contribution >= 4 is 17.8 Å². The molecule has 2 aromatic rings. The van der Waals surface area contributed by atoms with Gasteiger partial charge in [-0.25, -0.2) is 4.79 Å². The number of esters is 1. The van der Waals surface area contributed by atoms with E-state index in [1.54, 1.807) is 6.92 Å². The first kappa shape index (κ1) is 29.0. The van der Waals surface area contributed by atoms with Crippen LogP contribution in [0.1, 0.15) is 31.9 Å². The molecule has 4 N–H and O–H groups in total. The number of ether oxygens (including phenoxy) is 3. The summed E-state index contributed by atoms with van der Waals surface area (Å²) in [6, 6.07) is 15.9. The van der Waals surface area contributed by atoms with Crippen molar-refractivity contribution in [3.05, 3.63) is 71.8 Å². The van der Waals surface area contributed by atoms with Gasteiger partial charge in [0.2, 0.25) is 11.8 Å². The molecule has 1 unspecified atom stereocenters. The number of hydrogen-bond acceptors (Lipinski definition) is 7. The van der Waals surface area contributed by atoms with Crippen LogP contribution >= 0.6 is 0 Å². The molecule has 4 atom stereocenters. The number of rotatable bonds is 14. The van der Waals surface area contributed by atoms with Crippen LogP contribution in [-0.4, -0.2) is 55.7 Å². The van der Waals surface area contributed by atoms with Crippen molar-refractivity contribution < 1.29 is 28.6 Å². The van der Waals surface area contributed by atoms with E-state index in [-0.39, 0.29) is 25.7 Å². The summed E-state index contributed by atoms with van der Waals surface area (Å²) in [6.45, 7) is 5.67. The molecule has 0 aliphatic rings. The summed E-state index contributed by atoms with van der Waals surface area (Å²) in [5, 5.41) is 5.32. The lowest BCUT2D eigenvalue weighted by atomic mass is 10.0. The Morgan fingerprint density at radius 2 is 1.39 bits per heavy atom. The molecule has 0 aliphatic carbocycles. The van der Waals surface area contributed by atoms with Crippen LogP contribution in [0.25, 0.3) is 0 Å². The number of amides is 2. The molecule has 0 aliphatic heterocycles. The van der Waals surface area contributed by atoms with E-state index in [0.29, 0.717) is 0 Å². The van der Waals surface area contributed by atoms with Crippen LogP contribution in [0.3, 0.4) is 0 Å². The number of methoxy groups -OCH3 is 1. The summed E-state index contributed by atoms with van der Waals surface area (Å²) in [5.74, 6) is -1.91. The van der Waals surface area contributed by atoms with Gasteiger partial charge in [-0.2, -0.15) is 0 Å². The number of nitrogens with two attached hydrogens (primary N) is 1. The van der Waals surface area contributed by atoms with Crippen LogP contribution in [0.5, 0.6) is 0 Å². The maximum atomic E-state index is 13.3. The highest BCUT2D eigenvalue weighted by Crippen LogP contribution is 2.09. The third-order valence-corrected chi connectivity index (χ3v) is 5.62. The third-order valence-electron chi connectivity index (χ3n) is 5.62. The summed E-state index contributed by atoms with van der Waals surface area (Å²) in [6.07, 6.45) is -0.725. The second-order valence-corrected chi connectivity index (χ2v) is 8.84. The molecule has 9 heteroatoms. The Morgan fingerprint density at radius 3 is 1.92 bits per heavy atom. The molecule has 36 heavy (non-hydrogen) atoms. The standard InChI is InChI=1S/C27H37N3O6/c1-18(2)23(28)25(31)30-24(19(3)36-16-21-13-9-6-10-14-21)26(32)29-22(27(33)34-4)17-35-15-20-11-7-5-8-12-20/h5-14,18-19,22-24H,15-17,28H2,1-4H3,(H,29,32)(H,30,31)/t19?,22-,23-,24-/m0/s1. The molecule has 2 rings (SSSR count). The number of hydrogen-bond donors (Lipinski definition) is 3. The molecular weight excluding hydrogens is 462 g/mol. The Labute approximate surface area is 212 Å². The normalized spacial score (nSPS) is 14.4. The molecule has 2 aromatic carbocycles. The number of carbonyl (C=O) groups excluding carboxylic acids is 3. The minimum Gasteiger partial charge on any atom is -0.467 e. The predicted molar refractivity (Wildman–Crippen MR) is 135 cm³/mol. The Morgan fingerprint density at radius 1 is 0.833 bits per heavy atom. The average molecular weight is 500 g/mol. The van der Waals surface area contributed by atoms with Crippen LogP contribution in [0.2, 0.25) is 0 Å². The summed E-state index contributed by atoms with van der Waals surface area (Å²) >= 11 is 0. The lowest BCUT2D eigenvalue weighted by Crippen LogP contribution is -2.59. The van der Waals surface area contributed by atoms with Crippen LogP contribution < -0.4 is 16.4 Å².